The Morgan fingerprint density at radius 1 is 1.44 bits per heavy atom. The first-order valence-electron chi connectivity index (χ1n) is 5.57. The van der Waals surface area contributed by atoms with Gasteiger partial charge in [-0.3, -0.25) is 14.9 Å². The van der Waals surface area contributed by atoms with Gasteiger partial charge in [-0.1, -0.05) is 48.7 Å². The Balaban J connectivity index is 3.11. The molecule has 0 saturated heterocycles. The molecule has 1 aromatic rings. The summed E-state index contributed by atoms with van der Waals surface area (Å²) in [4.78, 5) is 20.8. The van der Waals surface area contributed by atoms with Crippen molar-refractivity contribution in [2.24, 2.45) is 0 Å². The quantitative estimate of drug-likeness (QED) is 0.345. The summed E-state index contributed by atoms with van der Waals surface area (Å²) in [6.45, 7) is 2.01. The highest BCUT2D eigenvalue weighted by Crippen LogP contribution is 2.24. The first kappa shape index (κ1) is 14.9. The third-order valence-corrected chi connectivity index (χ3v) is 2.96. The van der Waals surface area contributed by atoms with Gasteiger partial charge in [0.2, 0.25) is 0 Å². The van der Waals surface area contributed by atoms with Gasteiger partial charge in [-0.25, -0.2) is 0 Å². The van der Waals surface area contributed by atoms with Gasteiger partial charge >= 0.3 is 0 Å². The minimum atomic E-state index is -1.20. The Kier molecular flexibility index (Phi) is 5.56. The second kappa shape index (κ2) is 6.71. The lowest BCUT2D eigenvalue weighted by molar-refractivity contribution is -0.385. The summed E-state index contributed by atoms with van der Waals surface area (Å²) >= 11 is 10.9. The van der Waals surface area contributed by atoms with Crippen molar-refractivity contribution >= 4 is 34.7 Å². The van der Waals surface area contributed by atoms with Crippen LogP contribution in [0.2, 0.25) is 0 Å². The summed E-state index contributed by atoms with van der Waals surface area (Å²) in [6, 6.07) is 4.36. The number of rotatable bonds is 6. The number of nitro groups is 1. The number of unbranched alkanes of at least 4 members (excludes halogenated alkanes) is 1. The topological polar surface area (TPSA) is 60.2 Å². The van der Waals surface area contributed by atoms with Crippen LogP contribution < -0.4 is 0 Å². The number of ketones is 1. The molecule has 0 N–H and O–H groups in total. The molecule has 0 bridgehead atoms. The fourth-order valence-electron chi connectivity index (χ4n) is 1.59. The molecule has 0 saturated carbocycles. The van der Waals surface area contributed by atoms with Crippen molar-refractivity contribution in [3.8, 4) is 0 Å². The number of aryl methyl sites for hydroxylation is 1. The molecule has 0 aliphatic carbocycles. The molecule has 0 radical (unpaired) electrons. The van der Waals surface area contributed by atoms with Crippen molar-refractivity contribution in [1.82, 2.24) is 0 Å². The molecule has 0 spiro atoms. The minimum Gasteiger partial charge on any atom is -0.291 e. The number of Topliss-reactive ketones (excluding diaryl/α,β-unsaturated/α-hetero) is 1. The summed E-state index contributed by atoms with van der Waals surface area (Å²) in [5.74, 6) is -0.525. The standard InChI is InChI=1S/C12H13Cl2NO3/c1-2-3-4-8-5-6-9(11(16)12(13)14)7-10(8)15(17)18/h5-7,12H,2-4H2,1H3. The van der Waals surface area contributed by atoms with Crippen molar-refractivity contribution < 1.29 is 9.72 Å². The predicted molar refractivity (Wildman–Crippen MR) is 71.5 cm³/mol. The number of carbonyl (C=O) groups is 1. The molecular weight excluding hydrogens is 277 g/mol. The molecule has 6 heteroatoms. The zero-order valence-corrected chi connectivity index (χ0v) is 11.4. The molecule has 98 valence electrons. The van der Waals surface area contributed by atoms with E-state index in [1.807, 2.05) is 6.92 Å². The van der Waals surface area contributed by atoms with Crippen LogP contribution >= 0.6 is 23.2 Å². The summed E-state index contributed by atoms with van der Waals surface area (Å²) in [7, 11) is 0. The Bertz CT molecular complexity index is 461. The number of nitrogens with zero attached hydrogens (tertiary/aromatic N) is 1. The van der Waals surface area contributed by atoms with Crippen molar-refractivity contribution in [1.29, 1.82) is 0 Å². The average molecular weight is 290 g/mol. The first-order chi connectivity index (χ1) is 8.47. The van der Waals surface area contributed by atoms with E-state index in [2.05, 4.69) is 0 Å². The van der Waals surface area contributed by atoms with Crippen molar-refractivity contribution in [2.45, 2.75) is 31.0 Å². The third kappa shape index (κ3) is 3.68. The van der Waals surface area contributed by atoms with Crippen LogP contribution in [0.25, 0.3) is 0 Å². The van der Waals surface area contributed by atoms with Crippen LogP contribution in [-0.2, 0) is 6.42 Å². The monoisotopic (exact) mass is 289 g/mol. The molecule has 0 fully saturated rings. The van der Waals surface area contributed by atoms with Gasteiger partial charge in [0.25, 0.3) is 5.69 Å². The molecular formula is C12H13Cl2NO3. The van der Waals surface area contributed by atoms with Gasteiger partial charge in [0, 0.05) is 17.2 Å². The van der Waals surface area contributed by atoms with Gasteiger partial charge in [-0.15, -0.1) is 0 Å². The zero-order valence-electron chi connectivity index (χ0n) is 9.86. The maximum absolute atomic E-state index is 11.6. The Morgan fingerprint density at radius 2 is 2.11 bits per heavy atom. The van der Waals surface area contributed by atoms with Gasteiger partial charge in [0.1, 0.15) is 0 Å². The number of alkyl halides is 2. The Hall–Kier alpha value is -1.13. The van der Waals surface area contributed by atoms with Crippen LogP contribution in [-0.4, -0.2) is 15.5 Å². The maximum Gasteiger partial charge on any atom is 0.273 e. The molecule has 18 heavy (non-hydrogen) atoms. The number of carbonyl (C=O) groups excluding carboxylic acids is 1. The fraction of sp³-hybridized carbons (Fsp3) is 0.417. The second-order valence-corrected chi connectivity index (χ2v) is 4.97. The minimum absolute atomic E-state index is 0.0525. The highest BCUT2D eigenvalue weighted by molar-refractivity contribution is 6.55. The van der Waals surface area contributed by atoms with Gasteiger partial charge in [-0.2, -0.15) is 0 Å². The lowest BCUT2D eigenvalue weighted by Gasteiger charge is -2.05. The molecule has 0 heterocycles. The van der Waals surface area contributed by atoms with Crippen molar-refractivity contribution in [3.05, 3.63) is 39.4 Å². The molecule has 0 amide bonds. The molecule has 0 unspecified atom stereocenters. The largest absolute Gasteiger partial charge is 0.291 e. The highest BCUT2D eigenvalue weighted by atomic mass is 35.5. The van der Waals surface area contributed by atoms with E-state index >= 15 is 0 Å². The SMILES string of the molecule is CCCCc1ccc(C(=O)C(Cl)Cl)cc1[N+](=O)[O-]. The van der Waals surface area contributed by atoms with Crippen molar-refractivity contribution in [3.63, 3.8) is 0 Å². The predicted octanol–water partition coefficient (Wildman–Crippen LogP) is 3.92. The van der Waals surface area contributed by atoms with E-state index in [0.29, 0.717) is 12.0 Å². The number of nitro benzene ring substituents is 1. The highest BCUT2D eigenvalue weighted by Gasteiger charge is 2.20. The second-order valence-electron chi connectivity index (χ2n) is 3.87. The average Bonchev–Trinajstić information content (AvgIpc) is 2.34. The molecule has 4 nitrogen and oxygen atoms in total. The molecule has 0 aromatic heterocycles. The maximum atomic E-state index is 11.6. The van der Waals surface area contributed by atoms with Crippen LogP contribution in [0, 0.1) is 10.1 Å². The summed E-state index contributed by atoms with van der Waals surface area (Å²) < 4.78 is 0. The first-order valence-corrected chi connectivity index (χ1v) is 6.44. The van der Waals surface area contributed by atoms with Gasteiger partial charge in [0.05, 0.1) is 4.92 Å². The third-order valence-electron chi connectivity index (χ3n) is 2.56. The van der Waals surface area contributed by atoms with E-state index in [-0.39, 0.29) is 11.3 Å². The van der Waals surface area contributed by atoms with Crippen LogP contribution in [0.5, 0.6) is 0 Å². The van der Waals surface area contributed by atoms with Crippen molar-refractivity contribution in [2.75, 3.05) is 0 Å². The number of benzene rings is 1. The molecule has 0 aliphatic heterocycles. The summed E-state index contributed by atoms with van der Waals surface area (Å²) in [6.07, 6.45) is 2.43. The molecule has 0 atom stereocenters. The van der Waals surface area contributed by atoms with Crippen LogP contribution in [0.15, 0.2) is 18.2 Å². The van der Waals surface area contributed by atoms with Gasteiger partial charge in [-0.05, 0) is 12.8 Å². The van der Waals surface area contributed by atoms with Gasteiger partial charge in [0.15, 0.2) is 10.6 Å². The van der Waals surface area contributed by atoms with E-state index < -0.39 is 15.5 Å². The van der Waals surface area contributed by atoms with E-state index in [0.717, 1.165) is 12.8 Å². The van der Waals surface area contributed by atoms with Crippen LogP contribution in [0.1, 0.15) is 35.7 Å². The number of halogens is 2. The van der Waals surface area contributed by atoms with Crippen LogP contribution in [0.3, 0.4) is 0 Å². The normalized spacial score (nSPS) is 10.7. The van der Waals surface area contributed by atoms with E-state index in [1.165, 1.54) is 12.1 Å². The zero-order chi connectivity index (χ0) is 13.7. The molecule has 1 rings (SSSR count). The van der Waals surface area contributed by atoms with E-state index in [9.17, 15) is 14.9 Å². The lowest BCUT2D eigenvalue weighted by Crippen LogP contribution is -2.09. The molecule has 0 aliphatic rings. The van der Waals surface area contributed by atoms with Gasteiger partial charge < -0.3 is 0 Å². The number of hydrogen-bond acceptors (Lipinski definition) is 3. The van der Waals surface area contributed by atoms with E-state index in [4.69, 9.17) is 23.2 Å². The smallest absolute Gasteiger partial charge is 0.273 e. The van der Waals surface area contributed by atoms with Crippen LogP contribution in [0.4, 0.5) is 5.69 Å². The lowest BCUT2D eigenvalue weighted by atomic mass is 10.0. The summed E-state index contributed by atoms with van der Waals surface area (Å²) in [5, 5.41) is 11.0. The van der Waals surface area contributed by atoms with E-state index in [1.54, 1.807) is 6.07 Å². The number of hydrogen-bond donors (Lipinski definition) is 0. The summed E-state index contributed by atoms with van der Waals surface area (Å²) in [5.41, 5.74) is 0.735. The fourth-order valence-corrected chi connectivity index (χ4v) is 1.84. The molecule has 1 aromatic carbocycles. The Labute approximate surface area is 115 Å². The Morgan fingerprint density at radius 3 is 2.61 bits per heavy atom.